The minimum atomic E-state index is -0.521. The molecule has 0 spiro atoms. The summed E-state index contributed by atoms with van der Waals surface area (Å²) in [4.78, 5) is 0. The van der Waals surface area contributed by atoms with E-state index in [0.29, 0.717) is 99.1 Å². The maximum absolute atomic E-state index is 8.68. The number of ether oxygens (including phenoxy) is 10. The predicted octanol–water partition coefficient (Wildman–Crippen LogP) is 5.46. The summed E-state index contributed by atoms with van der Waals surface area (Å²) in [5.41, 5.74) is 0. The van der Waals surface area contributed by atoms with Gasteiger partial charge in [-0.1, -0.05) is 76.9 Å². The molecule has 0 aromatic heterocycles. The highest BCUT2D eigenvalue weighted by molar-refractivity contribution is 4.81. The summed E-state index contributed by atoms with van der Waals surface area (Å²) in [6.45, 7) is 9.35. The summed E-state index contributed by atoms with van der Waals surface area (Å²) in [6.07, 6.45) is 22.0. The summed E-state index contributed by atoms with van der Waals surface area (Å²) < 4.78 is 55.2. The van der Waals surface area contributed by atoms with Gasteiger partial charge in [-0.05, 0) is 32.1 Å². The Morgan fingerprint density at radius 2 is 0.776 bits per heavy atom. The number of aliphatic hydroxyl groups excluding tert-OH is 2. The highest BCUT2D eigenvalue weighted by atomic mass is 16.8. The lowest BCUT2D eigenvalue weighted by atomic mass is 10.1. The van der Waals surface area contributed by atoms with Crippen LogP contribution in [0.4, 0.5) is 0 Å². The van der Waals surface area contributed by atoms with Gasteiger partial charge >= 0.3 is 0 Å². The second-order valence-corrected chi connectivity index (χ2v) is 11.6. The highest BCUT2D eigenvalue weighted by Crippen LogP contribution is 2.10. The molecule has 0 heterocycles. The standard InChI is InChI=1S/C37H74O12/c1-2-3-4-5-6-7-8-9-10-11-12-13-14-15-16-17-20-48-37(35-46-33-31-44-29-27-42-25-23-40-21-18-38)49-36-47-34-32-45-30-28-43-26-24-41-22-19-39/h9-10,37-39H,2-8,11-36H2,1H3/b10-9-. The molecular formula is C37H74O12. The van der Waals surface area contributed by atoms with E-state index in [1.54, 1.807) is 0 Å². The van der Waals surface area contributed by atoms with Gasteiger partial charge < -0.3 is 57.6 Å². The molecule has 0 amide bonds. The Kier molecular flexibility index (Phi) is 44.6. The van der Waals surface area contributed by atoms with Gasteiger partial charge in [-0.15, -0.1) is 0 Å². The third kappa shape index (κ3) is 43.3. The molecule has 0 aliphatic heterocycles. The van der Waals surface area contributed by atoms with Crippen molar-refractivity contribution in [3.8, 4) is 0 Å². The molecule has 1 unspecified atom stereocenters. The molecule has 0 bridgehead atoms. The Balaban J connectivity index is 3.94. The maximum Gasteiger partial charge on any atom is 0.183 e. The molecule has 0 aromatic rings. The molecule has 2 N–H and O–H groups in total. The Hall–Kier alpha value is -0.740. The van der Waals surface area contributed by atoms with Gasteiger partial charge in [0.1, 0.15) is 6.79 Å². The molecule has 0 saturated heterocycles. The Bertz CT molecular complexity index is 614. The van der Waals surface area contributed by atoms with Crippen molar-refractivity contribution in [2.75, 3.05) is 126 Å². The monoisotopic (exact) mass is 711 g/mol. The van der Waals surface area contributed by atoms with Crippen LogP contribution in [0.2, 0.25) is 0 Å². The normalized spacial score (nSPS) is 12.5. The van der Waals surface area contributed by atoms with Crippen LogP contribution in [0, 0.1) is 0 Å². The minimum Gasteiger partial charge on any atom is -0.394 e. The van der Waals surface area contributed by atoms with Crippen LogP contribution in [0.1, 0.15) is 96.8 Å². The lowest BCUT2D eigenvalue weighted by molar-refractivity contribution is -0.218. The van der Waals surface area contributed by atoms with Crippen molar-refractivity contribution in [3.05, 3.63) is 12.2 Å². The van der Waals surface area contributed by atoms with E-state index in [-0.39, 0.29) is 26.6 Å². The smallest absolute Gasteiger partial charge is 0.183 e. The molecule has 0 aromatic carbocycles. The summed E-state index contributed by atoms with van der Waals surface area (Å²) in [5.74, 6) is 0. The number of allylic oxidation sites excluding steroid dienone is 2. The molecule has 0 aliphatic rings. The van der Waals surface area contributed by atoms with E-state index in [2.05, 4.69) is 19.1 Å². The van der Waals surface area contributed by atoms with Gasteiger partial charge in [0, 0.05) is 6.61 Å². The van der Waals surface area contributed by atoms with Gasteiger partial charge in [-0.2, -0.15) is 0 Å². The fourth-order valence-corrected chi connectivity index (χ4v) is 4.52. The average Bonchev–Trinajstić information content (AvgIpc) is 3.11. The Labute approximate surface area is 298 Å². The van der Waals surface area contributed by atoms with E-state index >= 15 is 0 Å². The molecule has 0 aliphatic carbocycles. The molecule has 294 valence electrons. The van der Waals surface area contributed by atoms with Crippen molar-refractivity contribution in [2.45, 2.75) is 103 Å². The van der Waals surface area contributed by atoms with Crippen LogP contribution in [0.25, 0.3) is 0 Å². The highest BCUT2D eigenvalue weighted by Gasteiger charge is 2.10. The van der Waals surface area contributed by atoms with Crippen LogP contribution in [0.3, 0.4) is 0 Å². The quantitative estimate of drug-likeness (QED) is 0.0473. The third-order valence-electron chi connectivity index (χ3n) is 7.25. The maximum atomic E-state index is 8.68. The van der Waals surface area contributed by atoms with Crippen LogP contribution in [-0.2, 0) is 47.4 Å². The van der Waals surface area contributed by atoms with Crippen molar-refractivity contribution < 1.29 is 57.6 Å². The summed E-state index contributed by atoms with van der Waals surface area (Å²) >= 11 is 0. The Morgan fingerprint density at radius 3 is 1.24 bits per heavy atom. The van der Waals surface area contributed by atoms with Crippen molar-refractivity contribution in [1.82, 2.24) is 0 Å². The summed E-state index contributed by atoms with van der Waals surface area (Å²) in [5, 5.41) is 17.3. The Morgan fingerprint density at radius 1 is 0.388 bits per heavy atom. The zero-order valence-corrected chi connectivity index (χ0v) is 31.0. The fourth-order valence-electron chi connectivity index (χ4n) is 4.52. The molecule has 1 atom stereocenters. The molecule has 0 saturated carbocycles. The van der Waals surface area contributed by atoms with Gasteiger partial charge in [-0.25, -0.2) is 0 Å². The second-order valence-electron chi connectivity index (χ2n) is 11.6. The van der Waals surface area contributed by atoms with Gasteiger partial charge in [-0.3, -0.25) is 0 Å². The first-order chi connectivity index (χ1) is 24.3. The van der Waals surface area contributed by atoms with E-state index in [0.717, 1.165) is 12.8 Å². The minimum absolute atomic E-state index is 0.0154. The van der Waals surface area contributed by atoms with Gasteiger partial charge in [0.05, 0.1) is 112 Å². The van der Waals surface area contributed by atoms with Gasteiger partial charge in [0.25, 0.3) is 0 Å². The lowest BCUT2D eigenvalue weighted by Crippen LogP contribution is -2.26. The zero-order chi connectivity index (χ0) is 35.4. The van der Waals surface area contributed by atoms with E-state index in [9.17, 15) is 0 Å². The number of hydrogen-bond acceptors (Lipinski definition) is 12. The molecule has 12 heteroatoms. The number of aliphatic hydroxyl groups is 2. The topological polar surface area (TPSA) is 133 Å². The summed E-state index contributed by atoms with van der Waals surface area (Å²) in [7, 11) is 0. The number of hydrogen-bond donors (Lipinski definition) is 2. The number of rotatable bonds is 44. The molecule has 49 heavy (non-hydrogen) atoms. The van der Waals surface area contributed by atoms with E-state index in [1.807, 2.05) is 0 Å². The van der Waals surface area contributed by atoms with Crippen molar-refractivity contribution in [2.24, 2.45) is 0 Å². The predicted molar refractivity (Wildman–Crippen MR) is 191 cm³/mol. The molecule has 12 nitrogen and oxygen atoms in total. The second kappa shape index (κ2) is 45.3. The van der Waals surface area contributed by atoms with Crippen LogP contribution in [0.5, 0.6) is 0 Å². The first-order valence-electron chi connectivity index (χ1n) is 19.1. The molecule has 0 rings (SSSR count). The van der Waals surface area contributed by atoms with Crippen molar-refractivity contribution in [3.63, 3.8) is 0 Å². The van der Waals surface area contributed by atoms with E-state index in [1.165, 1.54) is 77.0 Å². The van der Waals surface area contributed by atoms with Gasteiger partial charge in [0.15, 0.2) is 6.29 Å². The van der Waals surface area contributed by atoms with Crippen molar-refractivity contribution >= 4 is 0 Å². The van der Waals surface area contributed by atoms with Crippen LogP contribution in [0.15, 0.2) is 12.2 Å². The molecule has 0 fully saturated rings. The largest absolute Gasteiger partial charge is 0.394 e. The third-order valence-corrected chi connectivity index (χ3v) is 7.25. The van der Waals surface area contributed by atoms with Crippen LogP contribution < -0.4 is 0 Å². The SMILES string of the molecule is CCCCCCCC/C=C\CCCCCCCCOC(COCCOCCOCCOCCO)OCOCCOCCOCCOCCO. The zero-order valence-electron chi connectivity index (χ0n) is 31.0. The molecule has 0 radical (unpaired) electrons. The van der Waals surface area contributed by atoms with Crippen LogP contribution in [-0.4, -0.2) is 142 Å². The first-order valence-corrected chi connectivity index (χ1v) is 19.1. The van der Waals surface area contributed by atoms with E-state index in [4.69, 9.17) is 57.6 Å². The van der Waals surface area contributed by atoms with E-state index < -0.39 is 6.29 Å². The molecular weight excluding hydrogens is 636 g/mol. The first kappa shape index (κ1) is 48.3. The number of unbranched alkanes of at least 4 members (excludes halogenated alkanes) is 12. The lowest BCUT2D eigenvalue weighted by Gasteiger charge is -2.19. The average molecular weight is 711 g/mol. The van der Waals surface area contributed by atoms with Crippen LogP contribution >= 0.6 is 0 Å². The fraction of sp³-hybridized carbons (Fsp3) is 0.946. The summed E-state index contributed by atoms with van der Waals surface area (Å²) in [6, 6.07) is 0. The van der Waals surface area contributed by atoms with Gasteiger partial charge in [0.2, 0.25) is 0 Å². The van der Waals surface area contributed by atoms with Crippen molar-refractivity contribution in [1.29, 1.82) is 0 Å².